The molecule has 0 amide bonds. The van der Waals surface area contributed by atoms with Crippen molar-refractivity contribution in [2.75, 3.05) is 5.75 Å². The molecule has 1 saturated heterocycles. The van der Waals surface area contributed by atoms with Crippen LogP contribution in [0.4, 0.5) is 0 Å². The van der Waals surface area contributed by atoms with E-state index in [2.05, 4.69) is 57.3 Å². The average molecular weight is 262 g/mol. The number of nitrogens with one attached hydrogen (secondary N) is 1. The van der Waals surface area contributed by atoms with Crippen LogP contribution < -0.4 is 5.32 Å². The van der Waals surface area contributed by atoms with Crippen LogP contribution in [0.25, 0.3) is 0 Å². The Hall–Kier alpha value is -0.960. The van der Waals surface area contributed by atoms with Crippen molar-refractivity contribution in [1.82, 2.24) is 5.32 Å². The molecule has 1 aliphatic heterocycles. The Morgan fingerprint density at radius 1 is 1.33 bits per heavy atom. The van der Waals surface area contributed by atoms with Crippen LogP contribution in [0.1, 0.15) is 44.4 Å². The quantitative estimate of drug-likeness (QED) is 0.873. The predicted molar refractivity (Wildman–Crippen MR) is 81.3 cm³/mol. The van der Waals surface area contributed by atoms with Gasteiger partial charge in [-0.3, -0.25) is 4.99 Å². The molecule has 0 bridgehead atoms. The Balaban J connectivity index is 2.15. The van der Waals surface area contributed by atoms with E-state index in [-0.39, 0.29) is 11.6 Å². The summed E-state index contributed by atoms with van der Waals surface area (Å²) in [4.78, 5) is 4.83. The Bertz CT molecular complexity index is 452. The molecule has 0 radical (unpaired) electrons. The number of amidine groups is 1. The molecule has 0 spiro atoms. The van der Waals surface area contributed by atoms with E-state index in [0.29, 0.717) is 0 Å². The second-order valence-electron chi connectivity index (χ2n) is 5.57. The number of rotatable bonds is 2. The molecule has 1 aromatic rings. The number of nitrogens with zero attached hydrogens (tertiary/aromatic N) is 1. The van der Waals surface area contributed by atoms with Crippen molar-refractivity contribution >= 4 is 16.9 Å². The molecule has 1 aliphatic rings. The third kappa shape index (κ3) is 3.29. The van der Waals surface area contributed by atoms with Gasteiger partial charge in [0.05, 0.1) is 6.04 Å². The van der Waals surface area contributed by atoms with Crippen LogP contribution in [0.5, 0.6) is 0 Å². The highest BCUT2D eigenvalue weighted by Gasteiger charge is 2.24. The first kappa shape index (κ1) is 13.5. The van der Waals surface area contributed by atoms with Crippen molar-refractivity contribution < 1.29 is 0 Å². The van der Waals surface area contributed by atoms with E-state index in [0.717, 1.165) is 10.9 Å². The number of aliphatic imine (C=N–C) groups is 1. The highest BCUT2D eigenvalue weighted by molar-refractivity contribution is 8.13. The number of thioether (sulfide) groups is 1. The van der Waals surface area contributed by atoms with Crippen LogP contribution in [0.3, 0.4) is 0 Å². The third-order valence-corrected chi connectivity index (χ3v) is 4.25. The second-order valence-corrected chi connectivity index (χ2v) is 6.66. The summed E-state index contributed by atoms with van der Waals surface area (Å²) >= 11 is 1.83. The predicted octanol–water partition coefficient (Wildman–Crippen LogP) is 3.92. The lowest BCUT2D eigenvalue weighted by Crippen LogP contribution is -2.46. The van der Waals surface area contributed by atoms with E-state index >= 15 is 0 Å². The van der Waals surface area contributed by atoms with Gasteiger partial charge >= 0.3 is 0 Å². The van der Waals surface area contributed by atoms with Crippen molar-refractivity contribution in [3.8, 4) is 0 Å². The van der Waals surface area contributed by atoms with Gasteiger partial charge in [-0.1, -0.05) is 36.0 Å². The summed E-state index contributed by atoms with van der Waals surface area (Å²) < 4.78 is 0. The normalized spacial score (nSPS) is 22.6. The number of aryl methyl sites for hydroxylation is 1. The van der Waals surface area contributed by atoms with Crippen molar-refractivity contribution in [3.63, 3.8) is 0 Å². The fraction of sp³-hybridized carbons (Fsp3) is 0.533. The summed E-state index contributed by atoms with van der Waals surface area (Å²) in [6.07, 6.45) is 1.19. The number of hydrogen-bond donors (Lipinski definition) is 1. The summed E-state index contributed by atoms with van der Waals surface area (Å²) in [5, 5.41) is 4.61. The summed E-state index contributed by atoms with van der Waals surface area (Å²) in [5.41, 5.74) is 2.81. The van der Waals surface area contributed by atoms with E-state index < -0.39 is 0 Å². The molecule has 3 heteroatoms. The van der Waals surface area contributed by atoms with Crippen molar-refractivity contribution in [1.29, 1.82) is 0 Å². The summed E-state index contributed by atoms with van der Waals surface area (Å²) in [6, 6.07) is 8.70. The van der Waals surface area contributed by atoms with E-state index in [9.17, 15) is 0 Å². The van der Waals surface area contributed by atoms with Crippen LogP contribution in [-0.2, 0) is 0 Å². The molecule has 1 atom stereocenters. The van der Waals surface area contributed by atoms with E-state index in [1.165, 1.54) is 17.5 Å². The highest BCUT2D eigenvalue weighted by atomic mass is 32.2. The Kier molecular flexibility index (Phi) is 4.00. The molecule has 1 N–H and O–H groups in total. The van der Waals surface area contributed by atoms with Gasteiger partial charge in [0.2, 0.25) is 0 Å². The van der Waals surface area contributed by atoms with Gasteiger partial charge in [-0.2, -0.15) is 0 Å². The molecule has 98 valence electrons. The van der Waals surface area contributed by atoms with Crippen molar-refractivity contribution in [2.45, 2.75) is 45.7 Å². The zero-order valence-electron chi connectivity index (χ0n) is 11.7. The molecule has 1 aromatic carbocycles. The summed E-state index contributed by atoms with van der Waals surface area (Å²) in [5.74, 6) is 1.15. The van der Waals surface area contributed by atoms with Crippen LogP contribution in [0.15, 0.2) is 29.3 Å². The van der Waals surface area contributed by atoms with Crippen molar-refractivity contribution in [2.24, 2.45) is 4.99 Å². The molecule has 2 rings (SSSR count). The minimum Gasteiger partial charge on any atom is -0.360 e. The SMILES string of the molecule is Cc1ccccc1C(C)N=C1NC(C)(C)CCS1. The maximum absolute atomic E-state index is 4.83. The van der Waals surface area contributed by atoms with Crippen LogP contribution in [0, 0.1) is 6.92 Å². The summed E-state index contributed by atoms with van der Waals surface area (Å²) in [6.45, 7) is 8.79. The Morgan fingerprint density at radius 3 is 2.72 bits per heavy atom. The molecule has 1 unspecified atom stereocenters. The number of hydrogen-bond acceptors (Lipinski definition) is 2. The van der Waals surface area contributed by atoms with Crippen molar-refractivity contribution in [3.05, 3.63) is 35.4 Å². The first-order chi connectivity index (χ1) is 8.48. The van der Waals surface area contributed by atoms with Gasteiger partial charge in [0.1, 0.15) is 0 Å². The Labute approximate surface area is 114 Å². The average Bonchev–Trinajstić information content (AvgIpc) is 2.28. The highest BCUT2D eigenvalue weighted by Crippen LogP contribution is 2.26. The van der Waals surface area contributed by atoms with Crippen LogP contribution in [-0.4, -0.2) is 16.5 Å². The molecule has 1 fully saturated rings. The monoisotopic (exact) mass is 262 g/mol. The van der Waals surface area contributed by atoms with Gasteiger partial charge in [0.25, 0.3) is 0 Å². The van der Waals surface area contributed by atoms with Gasteiger partial charge in [-0.05, 0) is 45.2 Å². The van der Waals surface area contributed by atoms with Gasteiger partial charge in [-0.15, -0.1) is 0 Å². The first-order valence-electron chi connectivity index (χ1n) is 6.52. The van der Waals surface area contributed by atoms with Gasteiger partial charge in [-0.25, -0.2) is 0 Å². The van der Waals surface area contributed by atoms with E-state index in [1.54, 1.807) is 0 Å². The lowest BCUT2D eigenvalue weighted by molar-refractivity contribution is 0.445. The molecular weight excluding hydrogens is 240 g/mol. The summed E-state index contributed by atoms with van der Waals surface area (Å²) in [7, 11) is 0. The molecule has 0 aromatic heterocycles. The lowest BCUT2D eigenvalue weighted by Gasteiger charge is -2.32. The van der Waals surface area contributed by atoms with Gasteiger partial charge in [0, 0.05) is 11.3 Å². The number of benzene rings is 1. The van der Waals surface area contributed by atoms with Crippen LogP contribution >= 0.6 is 11.8 Å². The standard InChI is InChI=1S/C15H22N2S/c1-11-7-5-6-8-13(11)12(2)16-14-17-15(3,4)9-10-18-14/h5-8,12H,9-10H2,1-4H3,(H,16,17). The fourth-order valence-electron chi connectivity index (χ4n) is 2.16. The largest absolute Gasteiger partial charge is 0.360 e. The first-order valence-corrected chi connectivity index (χ1v) is 7.51. The Morgan fingerprint density at radius 2 is 2.06 bits per heavy atom. The van der Waals surface area contributed by atoms with E-state index in [1.807, 2.05) is 11.8 Å². The lowest BCUT2D eigenvalue weighted by atomic mass is 10.0. The molecular formula is C15H22N2S. The zero-order valence-corrected chi connectivity index (χ0v) is 12.5. The van der Waals surface area contributed by atoms with Crippen LogP contribution in [0.2, 0.25) is 0 Å². The maximum Gasteiger partial charge on any atom is 0.157 e. The molecule has 2 nitrogen and oxygen atoms in total. The molecule has 1 heterocycles. The van der Waals surface area contributed by atoms with Gasteiger partial charge in [0.15, 0.2) is 5.17 Å². The molecule has 18 heavy (non-hydrogen) atoms. The maximum atomic E-state index is 4.83. The minimum atomic E-state index is 0.176. The third-order valence-electron chi connectivity index (χ3n) is 3.36. The zero-order chi connectivity index (χ0) is 13.2. The minimum absolute atomic E-state index is 0.176. The smallest absolute Gasteiger partial charge is 0.157 e. The van der Waals surface area contributed by atoms with Gasteiger partial charge < -0.3 is 5.32 Å². The topological polar surface area (TPSA) is 24.4 Å². The molecule has 0 aliphatic carbocycles. The van der Waals surface area contributed by atoms with E-state index in [4.69, 9.17) is 4.99 Å². The molecule has 0 saturated carbocycles. The fourth-order valence-corrected chi connectivity index (χ4v) is 3.55. The second kappa shape index (κ2) is 5.35.